The Morgan fingerprint density at radius 1 is 1.11 bits per heavy atom. The summed E-state index contributed by atoms with van der Waals surface area (Å²) in [6.07, 6.45) is 4.62. The molecule has 0 bridgehead atoms. The van der Waals surface area contributed by atoms with Crippen LogP contribution in [0.1, 0.15) is 32.1 Å². The number of nitrogens with zero attached hydrogens (tertiary/aromatic N) is 2. The summed E-state index contributed by atoms with van der Waals surface area (Å²) < 4.78 is 5.92. The summed E-state index contributed by atoms with van der Waals surface area (Å²) in [7, 11) is 1.74. The monoisotopic (exact) mass is 363 g/mol. The fourth-order valence-corrected chi connectivity index (χ4v) is 3.50. The van der Waals surface area contributed by atoms with Crippen LogP contribution in [0, 0.1) is 11.3 Å². The minimum absolute atomic E-state index is 0.0898. The van der Waals surface area contributed by atoms with Crippen LogP contribution in [0.5, 0.6) is 11.5 Å². The summed E-state index contributed by atoms with van der Waals surface area (Å²) in [6.45, 7) is 0.120. The van der Waals surface area contributed by atoms with Crippen molar-refractivity contribution < 1.29 is 9.53 Å². The van der Waals surface area contributed by atoms with Gasteiger partial charge in [-0.2, -0.15) is 5.26 Å². The van der Waals surface area contributed by atoms with Gasteiger partial charge in [-0.05, 0) is 37.1 Å². The van der Waals surface area contributed by atoms with Gasteiger partial charge in [0.15, 0.2) is 5.75 Å². The summed E-state index contributed by atoms with van der Waals surface area (Å²) in [5.74, 6) is 1.31. The van der Waals surface area contributed by atoms with Gasteiger partial charge in [0.2, 0.25) is 5.91 Å². The first-order chi connectivity index (χ1) is 13.1. The van der Waals surface area contributed by atoms with Crippen molar-refractivity contribution in [3.05, 3.63) is 54.6 Å². The molecule has 0 atom stereocenters. The maximum absolute atomic E-state index is 12.7. The molecule has 0 aliphatic heterocycles. The van der Waals surface area contributed by atoms with Gasteiger partial charge in [0.1, 0.15) is 11.3 Å². The molecule has 5 nitrogen and oxygen atoms in total. The summed E-state index contributed by atoms with van der Waals surface area (Å²) in [5.41, 5.74) is 0.0783. The molecule has 0 heterocycles. The van der Waals surface area contributed by atoms with E-state index in [0.29, 0.717) is 5.75 Å². The van der Waals surface area contributed by atoms with Crippen LogP contribution in [-0.4, -0.2) is 29.9 Å². The molecule has 3 rings (SSSR count). The fourth-order valence-electron chi connectivity index (χ4n) is 3.50. The molecule has 0 unspecified atom stereocenters. The second kappa shape index (κ2) is 8.59. The number of ether oxygens (including phenoxy) is 1. The lowest BCUT2D eigenvalue weighted by Gasteiger charge is -2.39. The first-order valence-electron chi connectivity index (χ1n) is 9.38. The van der Waals surface area contributed by atoms with Gasteiger partial charge in [-0.15, -0.1) is 0 Å². The van der Waals surface area contributed by atoms with Crippen molar-refractivity contribution in [2.24, 2.45) is 0 Å². The molecule has 1 saturated carbocycles. The molecule has 1 aliphatic rings. The highest BCUT2D eigenvalue weighted by atomic mass is 16.5. The van der Waals surface area contributed by atoms with E-state index in [1.807, 2.05) is 54.6 Å². The Morgan fingerprint density at radius 3 is 2.48 bits per heavy atom. The minimum atomic E-state index is -0.670. The van der Waals surface area contributed by atoms with Crippen LogP contribution < -0.4 is 10.1 Å². The van der Waals surface area contributed by atoms with E-state index in [1.165, 1.54) is 0 Å². The number of hydrogen-bond acceptors (Lipinski definition) is 4. The summed E-state index contributed by atoms with van der Waals surface area (Å²) >= 11 is 0. The van der Waals surface area contributed by atoms with Crippen molar-refractivity contribution in [2.75, 3.05) is 18.9 Å². The standard InChI is InChI=1S/C22H25N3O2/c1-25(22(17-23)14-8-3-9-15-22)21(26)16-24-19-12-6-7-13-20(19)27-18-10-4-2-5-11-18/h2,4-7,10-13,24H,3,8-9,14-16H2,1H3. The maximum Gasteiger partial charge on any atom is 0.242 e. The Hall–Kier alpha value is -3.00. The Labute approximate surface area is 160 Å². The molecular weight excluding hydrogens is 338 g/mol. The first-order valence-corrected chi connectivity index (χ1v) is 9.38. The SMILES string of the molecule is CN(C(=O)CNc1ccccc1Oc1ccccc1)C1(C#N)CCCCC1. The van der Waals surface area contributed by atoms with E-state index in [4.69, 9.17) is 4.74 Å². The van der Waals surface area contributed by atoms with Crippen LogP contribution in [0.2, 0.25) is 0 Å². The Kier molecular flexibility index (Phi) is 5.97. The maximum atomic E-state index is 12.7. The molecule has 27 heavy (non-hydrogen) atoms. The normalized spacial score (nSPS) is 15.4. The number of carbonyl (C=O) groups excluding carboxylic acids is 1. The third kappa shape index (κ3) is 4.40. The van der Waals surface area contributed by atoms with E-state index in [0.717, 1.165) is 43.5 Å². The number of anilines is 1. The highest BCUT2D eigenvalue weighted by molar-refractivity contribution is 5.82. The largest absolute Gasteiger partial charge is 0.455 e. The summed E-state index contributed by atoms with van der Waals surface area (Å²) in [6, 6.07) is 19.5. The topological polar surface area (TPSA) is 65.4 Å². The number of nitriles is 1. The Balaban J connectivity index is 1.66. The highest BCUT2D eigenvalue weighted by Crippen LogP contribution is 2.33. The number of para-hydroxylation sites is 3. The van der Waals surface area contributed by atoms with Crippen LogP contribution in [0.4, 0.5) is 5.69 Å². The van der Waals surface area contributed by atoms with Crippen molar-refractivity contribution in [3.8, 4) is 17.6 Å². The average Bonchev–Trinajstić information content (AvgIpc) is 2.73. The predicted octanol–water partition coefficient (Wildman–Crippen LogP) is 4.58. The van der Waals surface area contributed by atoms with Gasteiger partial charge in [-0.3, -0.25) is 4.79 Å². The molecule has 0 radical (unpaired) electrons. The number of benzene rings is 2. The Bertz CT molecular complexity index is 808. The number of nitrogens with one attached hydrogen (secondary N) is 1. The number of carbonyl (C=O) groups is 1. The van der Waals surface area contributed by atoms with E-state index in [1.54, 1.807) is 11.9 Å². The molecule has 1 amide bonds. The van der Waals surface area contributed by atoms with Crippen molar-refractivity contribution in [1.82, 2.24) is 4.90 Å². The van der Waals surface area contributed by atoms with Gasteiger partial charge >= 0.3 is 0 Å². The lowest BCUT2D eigenvalue weighted by Crippen LogP contribution is -2.51. The van der Waals surface area contributed by atoms with Gasteiger partial charge in [0.05, 0.1) is 18.3 Å². The van der Waals surface area contributed by atoms with Crippen LogP contribution in [0.15, 0.2) is 54.6 Å². The highest BCUT2D eigenvalue weighted by Gasteiger charge is 2.38. The molecule has 0 spiro atoms. The van der Waals surface area contributed by atoms with E-state index in [9.17, 15) is 10.1 Å². The molecule has 1 N–H and O–H groups in total. The van der Waals surface area contributed by atoms with Crippen molar-refractivity contribution >= 4 is 11.6 Å². The molecule has 1 fully saturated rings. The van der Waals surface area contributed by atoms with Gasteiger partial charge in [0, 0.05) is 7.05 Å². The Morgan fingerprint density at radius 2 is 1.78 bits per heavy atom. The van der Waals surface area contributed by atoms with Crippen LogP contribution in [0.3, 0.4) is 0 Å². The van der Waals surface area contributed by atoms with Crippen LogP contribution in [0.25, 0.3) is 0 Å². The van der Waals surface area contributed by atoms with E-state index < -0.39 is 5.54 Å². The van der Waals surface area contributed by atoms with Crippen molar-refractivity contribution in [2.45, 2.75) is 37.6 Å². The molecule has 0 aromatic heterocycles. The van der Waals surface area contributed by atoms with Crippen molar-refractivity contribution in [1.29, 1.82) is 5.26 Å². The molecular formula is C22H25N3O2. The molecule has 2 aromatic carbocycles. The zero-order chi connectivity index (χ0) is 19.1. The zero-order valence-corrected chi connectivity index (χ0v) is 15.6. The molecule has 2 aromatic rings. The number of amides is 1. The first kappa shape index (κ1) is 18.8. The summed E-state index contributed by atoms with van der Waals surface area (Å²) in [5, 5.41) is 12.8. The number of hydrogen-bond donors (Lipinski definition) is 1. The molecule has 0 saturated heterocycles. The van der Waals surface area contributed by atoms with E-state index in [2.05, 4.69) is 11.4 Å². The van der Waals surface area contributed by atoms with E-state index >= 15 is 0 Å². The van der Waals surface area contributed by atoms with Crippen LogP contribution in [-0.2, 0) is 4.79 Å². The van der Waals surface area contributed by atoms with Gasteiger partial charge < -0.3 is 15.0 Å². The third-order valence-corrected chi connectivity index (χ3v) is 5.19. The second-order valence-corrected chi connectivity index (χ2v) is 6.92. The minimum Gasteiger partial charge on any atom is -0.455 e. The molecule has 140 valence electrons. The predicted molar refractivity (Wildman–Crippen MR) is 106 cm³/mol. The second-order valence-electron chi connectivity index (χ2n) is 6.92. The molecule has 5 heteroatoms. The lowest BCUT2D eigenvalue weighted by molar-refractivity contribution is -0.132. The van der Waals surface area contributed by atoms with Crippen LogP contribution >= 0.6 is 0 Å². The lowest BCUT2D eigenvalue weighted by atomic mass is 9.81. The van der Waals surface area contributed by atoms with Gasteiger partial charge in [-0.25, -0.2) is 0 Å². The average molecular weight is 363 g/mol. The molecule has 1 aliphatic carbocycles. The fraction of sp³-hybridized carbons (Fsp3) is 0.364. The van der Waals surface area contributed by atoms with Gasteiger partial charge in [-0.1, -0.05) is 49.6 Å². The van der Waals surface area contributed by atoms with E-state index in [-0.39, 0.29) is 12.5 Å². The summed E-state index contributed by atoms with van der Waals surface area (Å²) in [4.78, 5) is 14.3. The smallest absolute Gasteiger partial charge is 0.242 e. The number of likely N-dealkylation sites (N-methyl/N-ethyl adjacent to an activating group) is 1. The van der Waals surface area contributed by atoms with Crippen molar-refractivity contribution in [3.63, 3.8) is 0 Å². The third-order valence-electron chi connectivity index (χ3n) is 5.19. The quantitative estimate of drug-likeness (QED) is 0.816. The zero-order valence-electron chi connectivity index (χ0n) is 15.6. The number of rotatable bonds is 6. The van der Waals surface area contributed by atoms with Gasteiger partial charge in [0.25, 0.3) is 0 Å².